The number of nitrogens with zero attached hydrogens (tertiary/aromatic N) is 4. The van der Waals surface area contributed by atoms with Gasteiger partial charge in [-0.25, -0.2) is 0 Å². The first kappa shape index (κ1) is 15.6. The largest absolute Gasteiger partial charge is 0.361 e. The Kier molecular flexibility index (Phi) is 3.27. The van der Waals surface area contributed by atoms with E-state index >= 15 is 0 Å². The van der Waals surface area contributed by atoms with Gasteiger partial charge < -0.3 is 15.6 Å². The molecule has 6 rings (SSSR count). The summed E-state index contributed by atoms with van der Waals surface area (Å²) >= 11 is 0. The molecule has 4 heterocycles. The standard InChI is InChI=1S/C20H15N9/c1-3-16-11(5-6-21-16)7-13(1)24-18-15-10-23-29-19(15)27-20(26-18)25-14-2-4-17-12(8-14)9-22-28-17/h1-10,21H,(H,22,28)(H3,23,24,25,26,27,29). The third-order valence-corrected chi connectivity index (χ3v) is 4.82. The van der Waals surface area contributed by atoms with Gasteiger partial charge >= 0.3 is 0 Å². The van der Waals surface area contributed by atoms with Crippen LogP contribution in [0.4, 0.5) is 23.1 Å². The van der Waals surface area contributed by atoms with Crippen LogP contribution in [0.15, 0.2) is 61.1 Å². The van der Waals surface area contributed by atoms with Crippen LogP contribution in [0.3, 0.4) is 0 Å². The van der Waals surface area contributed by atoms with Gasteiger partial charge in [0.1, 0.15) is 5.82 Å². The van der Waals surface area contributed by atoms with E-state index in [1.54, 1.807) is 12.4 Å². The summed E-state index contributed by atoms with van der Waals surface area (Å²) in [5.74, 6) is 1.14. The predicted octanol–water partition coefficient (Wildman–Crippen LogP) is 4.20. The van der Waals surface area contributed by atoms with Gasteiger partial charge in [-0.15, -0.1) is 0 Å². The summed E-state index contributed by atoms with van der Waals surface area (Å²) in [5.41, 5.74) is 4.52. The van der Waals surface area contributed by atoms with Gasteiger partial charge in [0, 0.05) is 33.9 Å². The second kappa shape index (κ2) is 6.06. The molecule has 9 nitrogen and oxygen atoms in total. The number of rotatable bonds is 4. The first-order valence-electron chi connectivity index (χ1n) is 9.07. The van der Waals surface area contributed by atoms with Crippen LogP contribution in [0.5, 0.6) is 0 Å². The maximum Gasteiger partial charge on any atom is 0.231 e. The van der Waals surface area contributed by atoms with Crippen LogP contribution in [0.1, 0.15) is 0 Å². The van der Waals surface area contributed by atoms with E-state index in [9.17, 15) is 0 Å². The number of hydrogen-bond acceptors (Lipinski definition) is 6. The number of hydrogen-bond donors (Lipinski definition) is 5. The van der Waals surface area contributed by atoms with Gasteiger partial charge in [-0.05, 0) is 42.5 Å². The van der Waals surface area contributed by atoms with Crippen molar-refractivity contribution < 1.29 is 0 Å². The fourth-order valence-corrected chi connectivity index (χ4v) is 3.40. The van der Waals surface area contributed by atoms with E-state index in [0.717, 1.165) is 38.6 Å². The maximum atomic E-state index is 4.67. The number of aromatic nitrogens is 7. The van der Waals surface area contributed by atoms with Gasteiger partial charge in [0.25, 0.3) is 0 Å². The van der Waals surface area contributed by atoms with E-state index in [-0.39, 0.29) is 0 Å². The maximum absolute atomic E-state index is 4.67. The highest BCUT2D eigenvalue weighted by atomic mass is 15.2. The molecule has 0 atom stereocenters. The lowest BCUT2D eigenvalue weighted by Gasteiger charge is -2.10. The molecule has 0 fully saturated rings. The minimum Gasteiger partial charge on any atom is -0.361 e. The first-order valence-corrected chi connectivity index (χ1v) is 9.07. The number of H-pyrrole nitrogens is 3. The summed E-state index contributed by atoms with van der Waals surface area (Å²) in [6, 6.07) is 14.1. The Hall–Kier alpha value is -4.40. The van der Waals surface area contributed by atoms with E-state index in [2.05, 4.69) is 52.0 Å². The average molecular weight is 381 g/mol. The molecule has 29 heavy (non-hydrogen) atoms. The van der Waals surface area contributed by atoms with Crippen molar-refractivity contribution in [3.8, 4) is 0 Å². The van der Waals surface area contributed by atoms with Gasteiger partial charge in [-0.2, -0.15) is 20.2 Å². The highest BCUT2D eigenvalue weighted by Crippen LogP contribution is 2.27. The molecule has 0 unspecified atom stereocenters. The lowest BCUT2D eigenvalue weighted by molar-refractivity contribution is 1.09. The summed E-state index contributed by atoms with van der Waals surface area (Å²) in [6.07, 6.45) is 5.42. The van der Waals surface area contributed by atoms with Crippen molar-refractivity contribution in [1.29, 1.82) is 0 Å². The second-order valence-electron chi connectivity index (χ2n) is 6.73. The number of fused-ring (bicyclic) bond motifs is 3. The van der Waals surface area contributed by atoms with E-state index < -0.39 is 0 Å². The van der Waals surface area contributed by atoms with Crippen LogP contribution in [0.2, 0.25) is 0 Å². The minimum atomic E-state index is 0.467. The van der Waals surface area contributed by atoms with Crippen molar-refractivity contribution in [2.24, 2.45) is 0 Å². The summed E-state index contributed by atoms with van der Waals surface area (Å²) in [4.78, 5) is 12.4. The zero-order valence-electron chi connectivity index (χ0n) is 15.1. The smallest absolute Gasteiger partial charge is 0.231 e. The fraction of sp³-hybridized carbons (Fsp3) is 0. The predicted molar refractivity (Wildman–Crippen MR) is 113 cm³/mol. The molecule has 0 aliphatic carbocycles. The molecule has 0 saturated carbocycles. The lowest BCUT2D eigenvalue weighted by atomic mass is 10.2. The van der Waals surface area contributed by atoms with E-state index in [1.165, 1.54) is 0 Å². The molecule has 0 spiro atoms. The van der Waals surface area contributed by atoms with Gasteiger partial charge in [-0.3, -0.25) is 10.2 Å². The molecular weight excluding hydrogens is 366 g/mol. The summed E-state index contributed by atoms with van der Waals surface area (Å²) in [6.45, 7) is 0. The van der Waals surface area contributed by atoms with Crippen LogP contribution in [-0.4, -0.2) is 35.3 Å². The van der Waals surface area contributed by atoms with Crippen LogP contribution < -0.4 is 10.6 Å². The molecule has 140 valence electrons. The second-order valence-corrected chi connectivity index (χ2v) is 6.73. The van der Waals surface area contributed by atoms with Crippen LogP contribution in [0.25, 0.3) is 32.8 Å². The quantitative estimate of drug-likeness (QED) is 0.312. The average Bonchev–Trinajstić information content (AvgIpc) is 3.47. The summed E-state index contributed by atoms with van der Waals surface area (Å²) in [7, 11) is 0. The molecular formula is C20H15N9. The Balaban J connectivity index is 1.38. The third kappa shape index (κ3) is 2.72. The molecule has 0 aliphatic heterocycles. The lowest BCUT2D eigenvalue weighted by Crippen LogP contribution is -2.02. The Bertz CT molecular complexity index is 1470. The molecule has 9 heteroatoms. The summed E-state index contributed by atoms with van der Waals surface area (Å²) in [5, 5.41) is 23.6. The highest BCUT2D eigenvalue weighted by molar-refractivity contribution is 5.91. The Labute approximate surface area is 163 Å². The van der Waals surface area contributed by atoms with Gasteiger partial charge in [0.05, 0.1) is 23.3 Å². The minimum absolute atomic E-state index is 0.467. The van der Waals surface area contributed by atoms with Crippen LogP contribution >= 0.6 is 0 Å². The molecule has 0 amide bonds. The Morgan fingerprint density at radius 3 is 2.52 bits per heavy atom. The van der Waals surface area contributed by atoms with Crippen molar-refractivity contribution >= 4 is 56.0 Å². The normalized spacial score (nSPS) is 11.4. The SMILES string of the molecule is c1cc2cc(Nc3nc(Nc4ccc5[nH]ncc5c4)nc4[nH]ncc34)ccc2[nH]1. The molecule has 0 radical (unpaired) electrons. The molecule has 0 saturated heterocycles. The van der Waals surface area contributed by atoms with Crippen molar-refractivity contribution in [3.05, 3.63) is 61.1 Å². The van der Waals surface area contributed by atoms with Crippen molar-refractivity contribution in [1.82, 2.24) is 35.3 Å². The number of benzene rings is 2. The van der Waals surface area contributed by atoms with E-state index in [4.69, 9.17) is 0 Å². The van der Waals surface area contributed by atoms with E-state index in [0.29, 0.717) is 17.4 Å². The fourth-order valence-electron chi connectivity index (χ4n) is 3.40. The van der Waals surface area contributed by atoms with Gasteiger partial charge in [-0.1, -0.05) is 0 Å². The van der Waals surface area contributed by atoms with Crippen molar-refractivity contribution in [3.63, 3.8) is 0 Å². The zero-order chi connectivity index (χ0) is 19.2. The Morgan fingerprint density at radius 2 is 1.55 bits per heavy atom. The number of nitrogens with one attached hydrogen (secondary N) is 5. The van der Waals surface area contributed by atoms with Crippen LogP contribution in [0, 0.1) is 0 Å². The molecule has 5 N–H and O–H groups in total. The summed E-state index contributed by atoms with van der Waals surface area (Å²) < 4.78 is 0. The topological polar surface area (TPSA) is 123 Å². The van der Waals surface area contributed by atoms with Crippen molar-refractivity contribution in [2.45, 2.75) is 0 Å². The zero-order valence-corrected chi connectivity index (χ0v) is 15.1. The molecule has 4 aromatic heterocycles. The highest BCUT2D eigenvalue weighted by Gasteiger charge is 2.11. The van der Waals surface area contributed by atoms with E-state index in [1.807, 2.05) is 42.6 Å². The van der Waals surface area contributed by atoms with Crippen LogP contribution in [-0.2, 0) is 0 Å². The molecule has 6 aromatic rings. The van der Waals surface area contributed by atoms with Gasteiger partial charge in [0.2, 0.25) is 5.95 Å². The van der Waals surface area contributed by atoms with Crippen molar-refractivity contribution in [2.75, 3.05) is 10.6 Å². The first-order chi connectivity index (χ1) is 14.3. The molecule has 0 bridgehead atoms. The number of anilines is 4. The molecule has 0 aliphatic rings. The molecule has 2 aromatic carbocycles. The van der Waals surface area contributed by atoms with Gasteiger partial charge in [0.15, 0.2) is 5.65 Å². The monoisotopic (exact) mass is 381 g/mol. The Morgan fingerprint density at radius 1 is 0.724 bits per heavy atom. The third-order valence-electron chi connectivity index (χ3n) is 4.82. The number of aromatic amines is 3.